The average Bonchev–Trinajstić information content (AvgIpc) is 2.02. The van der Waals surface area contributed by atoms with Crippen LogP contribution >= 0.6 is 0 Å². The van der Waals surface area contributed by atoms with Gasteiger partial charge in [-0.3, -0.25) is 4.79 Å². The Morgan fingerprint density at radius 2 is 2.07 bits per heavy atom. The van der Waals surface area contributed by atoms with Gasteiger partial charge in [-0.15, -0.1) is 0 Å². The minimum absolute atomic E-state index is 0.0402. The number of rotatable bonds is 1. The molecule has 6 heteroatoms. The van der Waals surface area contributed by atoms with E-state index in [0.29, 0.717) is 0 Å². The third-order valence-electron chi connectivity index (χ3n) is 2.10. The summed E-state index contributed by atoms with van der Waals surface area (Å²) >= 11 is 0. The summed E-state index contributed by atoms with van der Waals surface area (Å²) in [5.74, 6) is -0.456. The van der Waals surface area contributed by atoms with Crippen molar-refractivity contribution in [3.63, 3.8) is 0 Å². The van der Waals surface area contributed by atoms with Gasteiger partial charge in [0.25, 0.3) is 0 Å². The zero-order valence-electron chi connectivity index (χ0n) is 7.73. The molecule has 82 valence electrons. The number of ether oxygens (including phenoxy) is 1. The maximum absolute atomic E-state index is 12.2. The molecule has 0 bridgehead atoms. The van der Waals surface area contributed by atoms with E-state index >= 15 is 0 Å². The van der Waals surface area contributed by atoms with E-state index in [-0.39, 0.29) is 19.4 Å². The fraction of sp³-hybridized carbons (Fsp3) is 0.875. The summed E-state index contributed by atoms with van der Waals surface area (Å²) in [5, 5.41) is 2.31. The first-order valence-electron chi connectivity index (χ1n) is 4.37. The molecule has 0 saturated carbocycles. The van der Waals surface area contributed by atoms with Crippen molar-refractivity contribution in [2.75, 3.05) is 6.54 Å². The minimum Gasteiger partial charge on any atom is -0.461 e. The maximum atomic E-state index is 12.2. The number of esters is 1. The van der Waals surface area contributed by atoms with E-state index in [1.165, 1.54) is 6.92 Å². The summed E-state index contributed by atoms with van der Waals surface area (Å²) in [6.45, 7) is 1.32. The van der Waals surface area contributed by atoms with Crippen molar-refractivity contribution in [1.82, 2.24) is 5.32 Å². The third kappa shape index (κ3) is 3.17. The van der Waals surface area contributed by atoms with Crippen LogP contribution in [-0.2, 0) is 9.53 Å². The van der Waals surface area contributed by atoms with Crippen molar-refractivity contribution >= 4 is 5.97 Å². The van der Waals surface area contributed by atoms with Crippen LogP contribution in [0.1, 0.15) is 19.8 Å². The summed E-state index contributed by atoms with van der Waals surface area (Å²) in [7, 11) is 0. The fourth-order valence-corrected chi connectivity index (χ4v) is 1.45. The van der Waals surface area contributed by atoms with Crippen LogP contribution in [0.5, 0.6) is 0 Å². The Hall–Kier alpha value is -0.780. The molecule has 3 nitrogen and oxygen atoms in total. The molecule has 1 aliphatic rings. The standard InChI is InChI=1S/C8H12F3NO2/c1-5(13)14-6-2-3-7(12-4-6)8(9,10)11/h6-7,12H,2-4H2,1H3. The Morgan fingerprint density at radius 1 is 1.43 bits per heavy atom. The molecule has 2 unspecified atom stereocenters. The van der Waals surface area contributed by atoms with Crippen molar-refractivity contribution in [3.8, 4) is 0 Å². The molecule has 1 rings (SSSR count). The Morgan fingerprint density at radius 3 is 2.43 bits per heavy atom. The number of halogens is 3. The molecule has 1 N–H and O–H groups in total. The second-order valence-electron chi connectivity index (χ2n) is 3.31. The lowest BCUT2D eigenvalue weighted by molar-refractivity contribution is -0.168. The molecule has 0 spiro atoms. The topological polar surface area (TPSA) is 38.3 Å². The first kappa shape index (κ1) is 11.3. The van der Waals surface area contributed by atoms with Gasteiger partial charge in [-0.1, -0.05) is 0 Å². The monoisotopic (exact) mass is 211 g/mol. The van der Waals surface area contributed by atoms with Crippen LogP contribution in [0, 0.1) is 0 Å². The molecule has 2 atom stereocenters. The van der Waals surface area contributed by atoms with Gasteiger partial charge in [-0.05, 0) is 12.8 Å². The van der Waals surface area contributed by atoms with Gasteiger partial charge in [0, 0.05) is 13.5 Å². The molecule has 0 aliphatic carbocycles. The largest absolute Gasteiger partial charge is 0.461 e. The van der Waals surface area contributed by atoms with Crippen LogP contribution in [0.25, 0.3) is 0 Å². The van der Waals surface area contributed by atoms with E-state index in [4.69, 9.17) is 4.74 Å². The minimum atomic E-state index is -4.21. The highest BCUT2D eigenvalue weighted by atomic mass is 19.4. The summed E-state index contributed by atoms with van der Waals surface area (Å²) in [6.07, 6.45) is -4.41. The maximum Gasteiger partial charge on any atom is 0.403 e. The molecular weight excluding hydrogens is 199 g/mol. The molecule has 0 radical (unpaired) electrons. The van der Waals surface area contributed by atoms with Gasteiger partial charge in [0.05, 0.1) is 0 Å². The molecule has 0 amide bonds. The van der Waals surface area contributed by atoms with E-state index in [1.54, 1.807) is 0 Å². The number of carbonyl (C=O) groups is 1. The second-order valence-corrected chi connectivity index (χ2v) is 3.31. The first-order chi connectivity index (χ1) is 6.39. The summed E-state index contributed by atoms with van der Waals surface area (Å²) in [4.78, 5) is 10.5. The van der Waals surface area contributed by atoms with Crippen molar-refractivity contribution in [2.24, 2.45) is 0 Å². The highest BCUT2D eigenvalue weighted by Gasteiger charge is 2.41. The van der Waals surface area contributed by atoms with E-state index in [1.807, 2.05) is 0 Å². The van der Waals surface area contributed by atoms with Gasteiger partial charge in [-0.25, -0.2) is 0 Å². The summed E-state index contributed by atoms with van der Waals surface area (Å²) < 4.78 is 41.3. The van der Waals surface area contributed by atoms with Gasteiger partial charge < -0.3 is 10.1 Å². The van der Waals surface area contributed by atoms with Crippen molar-refractivity contribution in [1.29, 1.82) is 0 Å². The van der Waals surface area contributed by atoms with Crippen LogP contribution in [0.4, 0.5) is 13.2 Å². The van der Waals surface area contributed by atoms with Crippen LogP contribution in [0.2, 0.25) is 0 Å². The molecule has 14 heavy (non-hydrogen) atoms. The highest BCUT2D eigenvalue weighted by Crippen LogP contribution is 2.26. The Balaban J connectivity index is 2.35. The van der Waals surface area contributed by atoms with Gasteiger partial charge in [0.15, 0.2) is 0 Å². The van der Waals surface area contributed by atoms with Gasteiger partial charge in [0.1, 0.15) is 12.1 Å². The quantitative estimate of drug-likeness (QED) is 0.663. The van der Waals surface area contributed by atoms with E-state index in [9.17, 15) is 18.0 Å². The third-order valence-corrected chi connectivity index (χ3v) is 2.10. The predicted molar refractivity (Wildman–Crippen MR) is 42.6 cm³/mol. The Bertz CT molecular complexity index is 209. The highest BCUT2D eigenvalue weighted by molar-refractivity contribution is 5.66. The van der Waals surface area contributed by atoms with E-state index in [2.05, 4.69) is 5.32 Å². The average molecular weight is 211 g/mol. The lowest BCUT2D eigenvalue weighted by Gasteiger charge is -2.30. The molecular formula is C8H12F3NO2. The van der Waals surface area contributed by atoms with Crippen molar-refractivity contribution < 1.29 is 22.7 Å². The number of hydrogen-bond acceptors (Lipinski definition) is 3. The lowest BCUT2D eigenvalue weighted by atomic mass is 10.0. The van der Waals surface area contributed by atoms with Crippen molar-refractivity contribution in [3.05, 3.63) is 0 Å². The molecule has 1 heterocycles. The Kier molecular flexibility index (Phi) is 3.36. The predicted octanol–water partition coefficient (Wildman–Crippen LogP) is 1.23. The number of alkyl halides is 3. The van der Waals surface area contributed by atoms with Crippen molar-refractivity contribution in [2.45, 2.75) is 38.1 Å². The molecule has 0 aromatic carbocycles. The zero-order valence-corrected chi connectivity index (χ0v) is 7.73. The number of carbonyl (C=O) groups excluding carboxylic acids is 1. The summed E-state index contributed by atoms with van der Waals surface area (Å²) in [6, 6.07) is -1.46. The van der Waals surface area contributed by atoms with Gasteiger partial charge in [0.2, 0.25) is 0 Å². The lowest BCUT2D eigenvalue weighted by Crippen LogP contribution is -2.50. The van der Waals surface area contributed by atoms with Gasteiger partial charge in [-0.2, -0.15) is 13.2 Å². The second kappa shape index (κ2) is 4.16. The van der Waals surface area contributed by atoms with Crippen LogP contribution < -0.4 is 5.32 Å². The van der Waals surface area contributed by atoms with E-state index in [0.717, 1.165) is 0 Å². The summed E-state index contributed by atoms with van der Waals surface area (Å²) in [5.41, 5.74) is 0. The van der Waals surface area contributed by atoms with Crippen LogP contribution in [-0.4, -0.2) is 30.8 Å². The van der Waals surface area contributed by atoms with Gasteiger partial charge >= 0.3 is 12.1 Å². The van der Waals surface area contributed by atoms with Crippen LogP contribution in [0.3, 0.4) is 0 Å². The molecule has 1 saturated heterocycles. The molecule has 0 aromatic heterocycles. The molecule has 0 aromatic rings. The smallest absolute Gasteiger partial charge is 0.403 e. The van der Waals surface area contributed by atoms with Crippen LogP contribution in [0.15, 0.2) is 0 Å². The Labute approximate surface area is 79.6 Å². The SMILES string of the molecule is CC(=O)OC1CCC(C(F)(F)F)NC1. The number of hydrogen-bond donors (Lipinski definition) is 1. The fourth-order valence-electron chi connectivity index (χ4n) is 1.45. The molecule has 1 fully saturated rings. The normalized spacial score (nSPS) is 28.6. The number of nitrogens with one attached hydrogen (secondary N) is 1. The molecule has 1 aliphatic heterocycles. The van der Waals surface area contributed by atoms with E-state index < -0.39 is 24.3 Å². The number of piperidine rings is 1. The first-order valence-corrected chi connectivity index (χ1v) is 4.37. The zero-order chi connectivity index (χ0) is 10.8.